The largest absolute Gasteiger partial charge is 0.479 e. The Labute approximate surface area is 83.6 Å². The van der Waals surface area contributed by atoms with Gasteiger partial charge in [-0.15, -0.1) is 0 Å². The Kier molecular flexibility index (Phi) is 3.96. The molecule has 0 aliphatic carbocycles. The Bertz CT molecular complexity index is 313. The zero-order chi connectivity index (χ0) is 10.4. The lowest BCUT2D eigenvalue weighted by atomic mass is 10.1. The highest BCUT2D eigenvalue weighted by Gasteiger charge is 2.03. The maximum Gasteiger partial charge on any atom is 0.174 e. The fourth-order valence-corrected chi connectivity index (χ4v) is 1.14. The molecular weight excluding hydrogens is 178 g/mol. The first kappa shape index (κ1) is 10.6. The van der Waals surface area contributed by atoms with Gasteiger partial charge in [-0.05, 0) is 24.1 Å². The van der Waals surface area contributed by atoms with Gasteiger partial charge >= 0.3 is 0 Å². The van der Waals surface area contributed by atoms with Gasteiger partial charge in [-0.2, -0.15) is 5.26 Å². The van der Waals surface area contributed by atoms with Crippen LogP contribution in [-0.2, 0) is 0 Å². The summed E-state index contributed by atoms with van der Waals surface area (Å²) >= 11 is 0. The van der Waals surface area contributed by atoms with E-state index in [1.165, 1.54) is 0 Å². The molecule has 0 spiro atoms. The fraction of sp³-hybridized carbons (Fsp3) is 0.364. The van der Waals surface area contributed by atoms with Crippen LogP contribution < -0.4 is 4.74 Å². The lowest BCUT2D eigenvalue weighted by molar-refractivity contribution is 0.173. The second kappa shape index (κ2) is 5.25. The number of ether oxygens (including phenoxy) is 1. The standard InChI is InChI=1S/C11H13NO2/c1-2-11(13)9-3-5-10(6-4-9)14-8-7-12/h3-6,11,13H,2,8H2,1H3. The normalized spacial score (nSPS) is 11.8. The van der Waals surface area contributed by atoms with Gasteiger partial charge in [0.1, 0.15) is 11.8 Å². The summed E-state index contributed by atoms with van der Waals surface area (Å²) in [6.45, 7) is 1.97. The number of nitriles is 1. The van der Waals surface area contributed by atoms with E-state index in [1.807, 2.05) is 13.0 Å². The minimum Gasteiger partial charge on any atom is -0.479 e. The van der Waals surface area contributed by atoms with E-state index >= 15 is 0 Å². The van der Waals surface area contributed by atoms with Gasteiger partial charge in [0.25, 0.3) is 0 Å². The quantitative estimate of drug-likeness (QED) is 0.792. The summed E-state index contributed by atoms with van der Waals surface area (Å²) in [5.41, 5.74) is 0.872. The minimum absolute atomic E-state index is 0.0513. The van der Waals surface area contributed by atoms with Crippen LogP contribution in [0.15, 0.2) is 24.3 Å². The molecule has 1 aromatic carbocycles. The highest BCUT2D eigenvalue weighted by atomic mass is 16.5. The lowest BCUT2D eigenvalue weighted by Crippen LogP contribution is -1.96. The van der Waals surface area contributed by atoms with Crippen molar-refractivity contribution in [3.05, 3.63) is 29.8 Å². The molecule has 0 aliphatic heterocycles. The van der Waals surface area contributed by atoms with Crippen molar-refractivity contribution in [1.29, 1.82) is 5.26 Å². The molecule has 3 heteroatoms. The molecule has 0 heterocycles. The number of nitrogens with zero attached hydrogens (tertiary/aromatic N) is 1. The van der Waals surface area contributed by atoms with E-state index in [9.17, 15) is 5.11 Å². The molecule has 3 nitrogen and oxygen atoms in total. The van der Waals surface area contributed by atoms with Gasteiger partial charge in [-0.3, -0.25) is 0 Å². The van der Waals surface area contributed by atoms with Gasteiger partial charge in [0.2, 0.25) is 0 Å². The van der Waals surface area contributed by atoms with Crippen LogP contribution in [0.4, 0.5) is 0 Å². The molecule has 1 atom stereocenters. The highest BCUT2D eigenvalue weighted by molar-refractivity contribution is 5.28. The maximum absolute atomic E-state index is 9.50. The van der Waals surface area contributed by atoms with Crippen molar-refractivity contribution in [3.8, 4) is 11.8 Å². The molecule has 0 amide bonds. The third kappa shape index (κ3) is 2.75. The summed E-state index contributed by atoms with van der Waals surface area (Å²) in [6.07, 6.45) is 0.276. The molecule has 0 aliphatic rings. The van der Waals surface area contributed by atoms with Crippen LogP contribution >= 0.6 is 0 Å². The van der Waals surface area contributed by atoms with E-state index in [4.69, 9.17) is 10.00 Å². The SMILES string of the molecule is CCC(O)c1ccc(OCC#N)cc1. The third-order valence-corrected chi connectivity index (χ3v) is 1.95. The van der Waals surface area contributed by atoms with Crippen molar-refractivity contribution in [1.82, 2.24) is 0 Å². The summed E-state index contributed by atoms with van der Waals surface area (Å²) in [5, 5.41) is 17.8. The topological polar surface area (TPSA) is 53.2 Å². The van der Waals surface area contributed by atoms with Gasteiger partial charge in [0, 0.05) is 0 Å². The van der Waals surface area contributed by atoms with Gasteiger partial charge in [0.15, 0.2) is 6.61 Å². The summed E-state index contributed by atoms with van der Waals surface area (Å²) in [4.78, 5) is 0. The van der Waals surface area contributed by atoms with Crippen LogP contribution in [-0.4, -0.2) is 11.7 Å². The number of hydrogen-bond donors (Lipinski definition) is 1. The molecule has 0 saturated carbocycles. The lowest BCUT2D eigenvalue weighted by Gasteiger charge is -2.08. The first-order valence-corrected chi connectivity index (χ1v) is 4.55. The second-order valence-corrected chi connectivity index (χ2v) is 2.94. The zero-order valence-corrected chi connectivity index (χ0v) is 8.10. The van der Waals surface area contributed by atoms with Crippen LogP contribution in [0.1, 0.15) is 25.0 Å². The molecule has 0 radical (unpaired) electrons. The van der Waals surface area contributed by atoms with E-state index in [2.05, 4.69) is 0 Å². The summed E-state index contributed by atoms with van der Waals surface area (Å²) in [5.74, 6) is 0.651. The van der Waals surface area contributed by atoms with Gasteiger partial charge < -0.3 is 9.84 Å². The molecule has 14 heavy (non-hydrogen) atoms. The van der Waals surface area contributed by atoms with Crippen molar-refractivity contribution in [2.75, 3.05) is 6.61 Å². The molecule has 1 unspecified atom stereocenters. The van der Waals surface area contributed by atoms with Crippen LogP contribution in [0.25, 0.3) is 0 Å². The third-order valence-electron chi connectivity index (χ3n) is 1.95. The van der Waals surface area contributed by atoms with Crippen molar-refractivity contribution in [2.24, 2.45) is 0 Å². The molecule has 1 N–H and O–H groups in total. The first-order chi connectivity index (χ1) is 6.77. The van der Waals surface area contributed by atoms with E-state index < -0.39 is 6.10 Å². The van der Waals surface area contributed by atoms with Crippen LogP contribution in [0.3, 0.4) is 0 Å². The summed E-state index contributed by atoms with van der Waals surface area (Å²) < 4.78 is 5.08. The van der Waals surface area contributed by atoms with Gasteiger partial charge in [0.05, 0.1) is 6.10 Å². The molecule has 0 aromatic heterocycles. The highest BCUT2D eigenvalue weighted by Crippen LogP contribution is 2.19. The Morgan fingerprint density at radius 3 is 2.57 bits per heavy atom. The monoisotopic (exact) mass is 191 g/mol. The van der Waals surface area contributed by atoms with E-state index in [1.54, 1.807) is 24.3 Å². The first-order valence-electron chi connectivity index (χ1n) is 4.55. The van der Waals surface area contributed by atoms with E-state index in [0.717, 1.165) is 5.56 Å². The van der Waals surface area contributed by atoms with Gasteiger partial charge in [-0.25, -0.2) is 0 Å². The van der Waals surface area contributed by atoms with Crippen LogP contribution in [0.2, 0.25) is 0 Å². The summed E-state index contributed by atoms with van der Waals surface area (Å²) in [6, 6.07) is 9.02. The van der Waals surface area contributed by atoms with E-state index in [0.29, 0.717) is 12.2 Å². The van der Waals surface area contributed by atoms with Crippen molar-refractivity contribution in [3.63, 3.8) is 0 Å². The molecule has 1 rings (SSSR count). The summed E-state index contributed by atoms with van der Waals surface area (Å²) in [7, 11) is 0. The Hall–Kier alpha value is -1.53. The van der Waals surface area contributed by atoms with Gasteiger partial charge in [-0.1, -0.05) is 19.1 Å². The number of aliphatic hydroxyl groups is 1. The Morgan fingerprint density at radius 2 is 2.07 bits per heavy atom. The molecule has 0 fully saturated rings. The average Bonchev–Trinajstić information content (AvgIpc) is 2.26. The van der Waals surface area contributed by atoms with Crippen LogP contribution in [0, 0.1) is 11.3 Å². The minimum atomic E-state index is -0.417. The van der Waals surface area contributed by atoms with Crippen molar-refractivity contribution in [2.45, 2.75) is 19.4 Å². The molecule has 0 bridgehead atoms. The number of benzene rings is 1. The second-order valence-electron chi connectivity index (χ2n) is 2.94. The Balaban J connectivity index is 2.64. The smallest absolute Gasteiger partial charge is 0.174 e. The molecular formula is C11H13NO2. The van der Waals surface area contributed by atoms with E-state index in [-0.39, 0.29) is 6.61 Å². The average molecular weight is 191 g/mol. The number of rotatable bonds is 4. The van der Waals surface area contributed by atoms with Crippen molar-refractivity contribution < 1.29 is 9.84 Å². The maximum atomic E-state index is 9.50. The Morgan fingerprint density at radius 1 is 1.43 bits per heavy atom. The predicted molar refractivity (Wildman–Crippen MR) is 52.8 cm³/mol. The number of hydrogen-bond acceptors (Lipinski definition) is 3. The zero-order valence-electron chi connectivity index (χ0n) is 8.10. The van der Waals surface area contributed by atoms with Crippen molar-refractivity contribution >= 4 is 0 Å². The molecule has 0 saturated heterocycles. The van der Waals surface area contributed by atoms with Crippen LogP contribution in [0.5, 0.6) is 5.75 Å². The predicted octanol–water partition coefficient (Wildman–Crippen LogP) is 2.03. The fourth-order valence-electron chi connectivity index (χ4n) is 1.14. The number of aliphatic hydroxyl groups excluding tert-OH is 1. The molecule has 74 valence electrons. The molecule has 1 aromatic rings.